The number of fused-ring (bicyclic) bond motifs is 3. The molecule has 8 heteroatoms. The van der Waals surface area contributed by atoms with Gasteiger partial charge in [0.2, 0.25) is 11.8 Å². The third kappa shape index (κ3) is 7.38. The lowest BCUT2D eigenvalue weighted by atomic mass is 9.82. The average molecular weight is 493 g/mol. The molecule has 0 spiro atoms. The van der Waals surface area contributed by atoms with Crippen molar-refractivity contribution < 1.29 is 19.1 Å². The SMILES string of the molecule is COCCNC(=O)C[C@@H]1CCN2C[C@@H]1C=CCOc1ccccc1CN(Cc1ccccn1)CC2=O. The second-order valence-electron chi connectivity index (χ2n) is 9.41. The van der Waals surface area contributed by atoms with E-state index < -0.39 is 0 Å². The Morgan fingerprint density at radius 1 is 1.19 bits per heavy atom. The van der Waals surface area contributed by atoms with E-state index in [1.807, 2.05) is 53.4 Å². The molecule has 2 bridgehead atoms. The predicted octanol–water partition coefficient (Wildman–Crippen LogP) is 2.65. The number of carbonyl (C=O) groups excluding carboxylic acids is 2. The lowest BCUT2D eigenvalue weighted by Crippen LogP contribution is -2.47. The van der Waals surface area contributed by atoms with Crippen LogP contribution in [0.25, 0.3) is 0 Å². The van der Waals surface area contributed by atoms with Crippen LogP contribution in [0.4, 0.5) is 0 Å². The first-order chi connectivity index (χ1) is 17.6. The van der Waals surface area contributed by atoms with Crippen molar-refractivity contribution in [1.29, 1.82) is 0 Å². The molecule has 0 saturated carbocycles. The van der Waals surface area contributed by atoms with Crippen molar-refractivity contribution in [2.75, 3.05) is 46.5 Å². The number of nitrogens with one attached hydrogen (secondary N) is 1. The highest BCUT2D eigenvalue weighted by Gasteiger charge is 2.32. The Kier molecular flexibility index (Phi) is 9.47. The van der Waals surface area contributed by atoms with Gasteiger partial charge in [0, 0.05) is 58.0 Å². The highest BCUT2D eigenvalue weighted by Crippen LogP contribution is 2.29. The maximum atomic E-state index is 13.5. The summed E-state index contributed by atoms with van der Waals surface area (Å²) in [5.41, 5.74) is 1.96. The number of methoxy groups -OCH3 is 1. The van der Waals surface area contributed by atoms with Gasteiger partial charge in [-0.3, -0.25) is 19.5 Å². The summed E-state index contributed by atoms with van der Waals surface area (Å²) in [5.74, 6) is 1.22. The molecule has 1 fully saturated rings. The van der Waals surface area contributed by atoms with Crippen LogP contribution in [-0.4, -0.2) is 73.1 Å². The number of pyridine rings is 1. The lowest BCUT2D eigenvalue weighted by molar-refractivity contribution is -0.135. The van der Waals surface area contributed by atoms with Crippen LogP contribution in [0.1, 0.15) is 24.1 Å². The molecule has 8 nitrogen and oxygen atoms in total. The van der Waals surface area contributed by atoms with Gasteiger partial charge in [0.15, 0.2) is 0 Å². The minimum Gasteiger partial charge on any atom is -0.489 e. The van der Waals surface area contributed by atoms with E-state index in [4.69, 9.17) is 9.47 Å². The third-order valence-corrected chi connectivity index (χ3v) is 6.79. The number of hydrogen-bond donors (Lipinski definition) is 1. The van der Waals surface area contributed by atoms with Crippen molar-refractivity contribution in [3.05, 3.63) is 72.1 Å². The molecule has 2 amide bonds. The number of nitrogens with zero attached hydrogens (tertiary/aromatic N) is 3. The number of aromatic nitrogens is 1. The van der Waals surface area contributed by atoms with E-state index in [1.54, 1.807) is 13.3 Å². The first-order valence-electron chi connectivity index (χ1n) is 12.7. The molecular weight excluding hydrogens is 456 g/mol. The first kappa shape index (κ1) is 25.9. The summed E-state index contributed by atoms with van der Waals surface area (Å²) in [6, 6.07) is 13.8. The Bertz CT molecular complexity index is 1030. The number of piperidine rings is 1. The van der Waals surface area contributed by atoms with Gasteiger partial charge in [0.25, 0.3) is 0 Å². The van der Waals surface area contributed by atoms with Crippen LogP contribution in [0.3, 0.4) is 0 Å². The standard InChI is InChI=1S/C28H36N4O4/c1-35-16-13-30-27(33)17-22-11-14-32-19-23(22)8-6-15-36-26-10-3-2-7-24(26)18-31(21-28(32)34)20-25-9-4-5-12-29-25/h2-10,12,22-23H,11,13-21H2,1H3,(H,30,33)/t22-,23-/m0/s1. The zero-order valence-corrected chi connectivity index (χ0v) is 21.0. The Morgan fingerprint density at radius 3 is 2.89 bits per heavy atom. The van der Waals surface area contributed by atoms with E-state index in [0.717, 1.165) is 23.4 Å². The van der Waals surface area contributed by atoms with Crippen molar-refractivity contribution in [3.63, 3.8) is 0 Å². The fraction of sp³-hybridized carbons (Fsp3) is 0.464. The summed E-state index contributed by atoms with van der Waals surface area (Å²) in [4.78, 5) is 34.5. The molecule has 1 saturated heterocycles. The van der Waals surface area contributed by atoms with Crippen molar-refractivity contribution in [1.82, 2.24) is 20.1 Å². The molecule has 192 valence electrons. The van der Waals surface area contributed by atoms with Gasteiger partial charge in [0.05, 0.1) is 18.8 Å². The molecule has 0 unspecified atom stereocenters. The topological polar surface area (TPSA) is 84.0 Å². The summed E-state index contributed by atoms with van der Waals surface area (Å²) < 4.78 is 11.2. The number of ether oxygens (including phenoxy) is 2. The predicted molar refractivity (Wildman–Crippen MR) is 137 cm³/mol. The third-order valence-electron chi connectivity index (χ3n) is 6.79. The molecule has 3 heterocycles. The zero-order valence-electron chi connectivity index (χ0n) is 21.0. The van der Waals surface area contributed by atoms with Crippen LogP contribution < -0.4 is 10.1 Å². The van der Waals surface area contributed by atoms with Crippen LogP contribution >= 0.6 is 0 Å². The van der Waals surface area contributed by atoms with Crippen LogP contribution in [0, 0.1) is 11.8 Å². The van der Waals surface area contributed by atoms with Gasteiger partial charge in [-0.25, -0.2) is 0 Å². The molecule has 2 aliphatic heterocycles. The number of para-hydroxylation sites is 1. The van der Waals surface area contributed by atoms with E-state index in [1.165, 1.54) is 0 Å². The van der Waals surface area contributed by atoms with Crippen LogP contribution in [0.15, 0.2) is 60.8 Å². The van der Waals surface area contributed by atoms with Gasteiger partial charge in [-0.05, 0) is 36.5 Å². The molecule has 2 aliphatic rings. The smallest absolute Gasteiger partial charge is 0.236 e. The van der Waals surface area contributed by atoms with Crippen LogP contribution in [0.2, 0.25) is 0 Å². The van der Waals surface area contributed by atoms with Crippen molar-refractivity contribution in [2.45, 2.75) is 25.9 Å². The zero-order chi connectivity index (χ0) is 25.2. The molecule has 4 rings (SSSR count). The molecule has 1 N–H and O–H groups in total. The highest BCUT2D eigenvalue weighted by atomic mass is 16.5. The molecule has 0 aliphatic carbocycles. The maximum Gasteiger partial charge on any atom is 0.236 e. The quantitative estimate of drug-likeness (QED) is 0.473. The normalized spacial score (nSPS) is 20.9. The second-order valence-corrected chi connectivity index (χ2v) is 9.41. The summed E-state index contributed by atoms with van der Waals surface area (Å²) in [6.45, 7) is 4.16. The molecule has 0 radical (unpaired) electrons. The number of benzene rings is 1. The van der Waals surface area contributed by atoms with Gasteiger partial charge in [-0.2, -0.15) is 0 Å². The Balaban J connectivity index is 1.52. The fourth-order valence-electron chi connectivity index (χ4n) is 4.90. The second kappa shape index (κ2) is 13.2. The monoisotopic (exact) mass is 492 g/mol. The average Bonchev–Trinajstić information content (AvgIpc) is 2.89. The summed E-state index contributed by atoms with van der Waals surface area (Å²) >= 11 is 0. The molecule has 2 aromatic rings. The van der Waals surface area contributed by atoms with E-state index in [-0.39, 0.29) is 23.7 Å². The van der Waals surface area contributed by atoms with Gasteiger partial charge < -0.3 is 19.7 Å². The number of carbonyl (C=O) groups is 2. The van der Waals surface area contributed by atoms with Gasteiger partial charge in [-0.15, -0.1) is 0 Å². The Morgan fingerprint density at radius 2 is 2.06 bits per heavy atom. The first-order valence-corrected chi connectivity index (χ1v) is 12.7. The molecule has 36 heavy (non-hydrogen) atoms. The fourth-order valence-corrected chi connectivity index (χ4v) is 4.90. The van der Waals surface area contributed by atoms with E-state index in [0.29, 0.717) is 58.9 Å². The minimum absolute atomic E-state index is 0.0276. The summed E-state index contributed by atoms with van der Waals surface area (Å²) in [6.07, 6.45) is 7.16. The Labute approximate surface area is 213 Å². The van der Waals surface area contributed by atoms with Crippen molar-refractivity contribution >= 4 is 11.8 Å². The molecule has 1 aromatic heterocycles. The van der Waals surface area contributed by atoms with Gasteiger partial charge in [0.1, 0.15) is 12.4 Å². The van der Waals surface area contributed by atoms with E-state index >= 15 is 0 Å². The van der Waals surface area contributed by atoms with Gasteiger partial charge in [-0.1, -0.05) is 36.4 Å². The lowest BCUT2D eigenvalue weighted by Gasteiger charge is -2.38. The number of amides is 2. The highest BCUT2D eigenvalue weighted by molar-refractivity contribution is 5.79. The summed E-state index contributed by atoms with van der Waals surface area (Å²) in [5, 5.41) is 2.92. The Hall–Kier alpha value is -3.23. The van der Waals surface area contributed by atoms with E-state index in [2.05, 4.69) is 21.3 Å². The largest absolute Gasteiger partial charge is 0.489 e. The minimum atomic E-state index is 0.0276. The van der Waals surface area contributed by atoms with E-state index in [9.17, 15) is 9.59 Å². The maximum absolute atomic E-state index is 13.5. The van der Waals surface area contributed by atoms with Crippen LogP contribution in [0.5, 0.6) is 5.75 Å². The number of hydrogen-bond acceptors (Lipinski definition) is 6. The summed E-state index contributed by atoms with van der Waals surface area (Å²) in [7, 11) is 1.62. The van der Waals surface area contributed by atoms with Crippen LogP contribution in [-0.2, 0) is 27.4 Å². The van der Waals surface area contributed by atoms with Crippen molar-refractivity contribution in [3.8, 4) is 5.75 Å². The van der Waals surface area contributed by atoms with Gasteiger partial charge >= 0.3 is 0 Å². The molecular formula is C28H36N4O4. The number of rotatable bonds is 7. The van der Waals surface area contributed by atoms with Crippen molar-refractivity contribution in [2.24, 2.45) is 11.8 Å². The molecule has 2 atom stereocenters. The molecule has 1 aromatic carbocycles.